The normalized spacial score (nSPS) is 17.4. The van der Waals surface area contributed by atoms with Gasteiger partial charge in [0.25, 0.3) is 5.91 Å². The summed E-state index contributed by atoms with van der Waals surface area (Å²) in [7, 11) is 0. The zero-order valence-corrected chi connectivity index (χ0v) is 16.7. The maximum Gasteiger partial charge on any atom is 0.306 e. The van der Waals surface area contributed by atoms with Gasteiger partial charge in [-0.05, 0) is 37.5 Å². The number of carbonyl (C=O) groups is 2. The van der Waals surface area contributed by atoms with Crippen LogP contribution >= 0.6 is 0 Å². The van der Waals surface area contributed by atoms with Gasteiger partial charge in [-0.25, -0.2) is 0 Å². The van der Waals surface area contributed by atoms with E-state index in [1.165, 1.54) is 0 Å². The van der Waals surface area contributed by atoms with Crippen LogP contribution in [0.4, 0.5) is 0 Å². The average molecular weight is 406 g/mol. The molecule has 0 saturated carbocycles. The summed E-state index contributed by atoms with van der Waals surface area (Å²) in [5.74, 6) is 0.587. The van der Waals surface area contributed by atoms with Crippen LogP contribution in [0.25, 0.3) is 11.3 Å². The van der Waals surface area contributed by atoms with Gasteiger partial charge in [-0.1, -0.05) is 6.07 Å². The quantitative estimate of drug-likeness (QED) is 0.654. The van der Waals surface area contributed by atoms with Gasteiger partial charge in [0.2, 0.25) is 0 Å². The highest BCUT2D eigenvalue weighted by Crippen LogP contribution is 2.38. The number of cyclic esters (lactones) is 1. The smallest absolute Gasteiger partial charge is 0.306 e. The number of carbonyl (C=O) groups excluding carboxylic acids is 2. The third-order valence-corrected chi connectivity index (χ3v) is 5.63. The first kappa shape index (κ1) is 18.6. The van der Waals surface area contributed by atoms with Crippen molar-refractivity contribution in [2.45, 2.75) is 45.3 Å². The Hall–Kier alpha value is -3.42. The van der Waals surface area contributed by atoms with Crippen molar-refractivity contribution in [2.24, 2.45) is 0 Å². The summed E-state index contributed by atoms with van der Waals surface area (Å²) in [6, 6.07) is 5.82. The molecule has 1 saturated heterocycles. The van der Waals surface area contributed by atoms with Crippen LogP contribution in [0.1, 0.15) is 46.0 Å². The fourth-order valence-electron chi connectivity index (χ4n) is 4.13. The predicted octanol–water partition coefficient (Wildman–Crippen LogP) is 2.43. The summed E-state index contributed by atoms with van der Waals surface area (Å²) < 4.78 is 13.0. The van der Waals surface area contributed by atoms with Crippen LogP contribution in [0.5, 0.6) is 0 Å². The summed E-state index contributed by atoms with van der Waals surface area (Å²) in [4.78, 5) is 28.3. The van der Waals surface area contributed by atoms with Gasteiger partial charge in [-0.3, -0.25) is 19.3 Å². The van der Waals surface area contributed by atoms with Crippen LogP contribution in [-0.2, 0) is 28.9 Å². The third-order valence-electron chi connectivity index (χ3n) is 5.63. The van der Waals surface area contributed by atoms with E-state index < -0.39 is 0 Å². The second-order valence-electron chi connectivity index (χ2n) is 7.74. The molecule has 0 aromatic carbocycles. The minimum atomic E-state index is -0.292. The lowest BCUT2D eigenvalue weighted by molar-refractivity contribution is -0.141. The third kappa shape index (κ3) is 3.38. The van der Waals surface area contributed by atoms with E-state index in [0.717, 1.165) is 46.7 Å². The molecular weight excluding hydrogens is 384 g/mol. The Balaban J connectivity index is 1.37. The molecule has 1 aliphatic heterocycles. The number of fused-ring (bicyclic) bond motifs is 3. The van der Waals surface area contributed by atoms with Crippen molar-refractivity contribution in [1.29, 1.82) is 0 Å². The van der Waals surface area contributed by atoms with Crippen molar-refractivity contribution in [3.8, 4) is 11.3 Å². The largest absolute Gasteiger partial charge is 0.460 e. The maximum absolute atomic E-state index is 12.7. The molecule has 0 unspecified atom stereocenters. The average Bonchev–Trinajstić information content (AvgIpc) is 3.43. The molecule has 154 valence electrons. The molecule has 3 aromatic heterocycles. The number of hydrogen-bond acceptors (Lipinski definition) is 6. The second kappa shape index (κ2) is 7.44. The first-order valence-corrected chi connectivity index (χ1v) is 10.1. The molecule has 1 fully saturated rings. The van der Waals surface area contributed by atoms with Crippen molar-refractivity contribution < 1.29 is 18.7 Å². The highest BCUT2D eigenvalue weighted by molar-refractivity contribution is 5.95. The van der Waals surface area contributed by atoms with Gasteiger partial charge in [-0.2, -0.15) is 5.10 Å². The van der Waals surface area contributed by atoms with Crippen molar-refractivity contribution in [2.75, 3.05) is 6.54 Å². The monoisotopic (exact) mass is 406 g/mol. The summed E-state index contributed by atoms with van der Waals surface area (Å²) in [6.45, 7) is 2.77. The minimum Gasteiger partial charge on any atom is -0.460 e. The zero-order valence-electron chi connectivity index (χ0n) is 16.7. The Bertz CT molecular complexity index is 1120. The van der Waals surface area contributed by atoms with Crippen LogP contribution in [-0.4, -0.2) is 39.3 Å². The Morgan fingerprint density at radius 3 is 2.97 bits per heavy atom. The number of hydrogen-bond donors (Lipinski definition) is 1. The summed E-state index contributed by atoms with van der Waals surface area (Å²) in [5, 5.41) is 7.60. The standard InChI is InChI=1S/C22H22N4O4/c1-13-19-17(30-21(13)22(28)24-10-16-6-8-18(27)29-16)7-5-14-11-26(25-20(14)19)12-15-4-2-3-9-23-15/h2-4,9,11,16H,5-8,10,12H2,1H3,(H,24,28)/t16-/m1/s1. The number of aromatic nitrogens is 3. The van der Waals surface area contributed by atoms with E-state index in [0.29, 0.717) is 31.7 Å². The Morgan fingerprint density at radius 2 is 2.20 bits per heavy atom. The number of esters is 1. The van der Waals surface area contributed by atoms with E-state index in [4.69, 9.17) is 14.3 Å². The van der Waals surface area contributed by atoms with Gasteiger partial charge in [-0.15, -0.1) is 0 Å². The molecule has 4 heterocycles. The van der Waals surface area contributed by atoms with E-state index in [1.807, 2.05) is 36.0 Å². The zero-order chi connectivity index (χ0) is 20.7. The molecule has 2 aliphatic rings. The van der Waals surface area contributed by atoms with Crippen LogP contribution in [0, 0.1) is 6.92 Å². The number of nitrogens with one attached hydrogen (secondary N) is 1. The van der Waals surface area contributed by atoms with E-state index in [2.05, 4.69) is 10.3 Å². The number of amides is 1. The van der Waals surface area contributed by atoms with Crippen LogP contribution < -0.4 is 5.32 Å². The van der Waals surface area contributed by atoms with Gasteiger partial charge in [0.15, 0.2) is 5.76 Å². The van der Waals surface area contributed by atoms with Crippen LogP contribution in [0.2, 0.25) is 0 Å². The molecule has 0 spiro atoms. The molecule has 1 atom stereocenters. The number of aryl methyl sites for hydroxylation is 2. The maximum atomic E-state index is 12.7. The van der Waals surface area contributed by atoms with E-state index >= 15 is 0 Å². The molecule has 8 nitrogen and oxygen atoms in total. The fraction of sp³-hybridized carbons (Fsp3) is 0.364. The topological polar surface area (TPSA) is 99.3 Å². The van der Waals surface area contributed by atoms with Crippen molar-refractivity contribution >= 4 is 11.9 Å². The molecule has 8 heteroatoms. The molecule has 30 heavy (non-hydrogen) atoms. The Kier molecular flexibility index (Phi) is 4.61. The molecule has 0 radical (unpaired) electrons. The van der Waals surface area contributed by atoms with E-state index in [-0.39, 0.29) is 18.0 Å². The lowest BCUT2D eigenvalue weighted by Crippen LogP contribution is -2.32. The minimum absolute atomic E-state index is 0.215. The van der Waals surface area contributed by atoms with Gasteiger partial charge >= 0.3 is 5.97 Å². The number of rotatable bonds is 5. The molecular formula is C22H22N4O4. The molecule has 1 amide bonds. The second-order valence-corrected chi connectivity index (χ2v) is 7.74. The number of pyridine rings is 1. The first-order valence-electron chi connectivity index (χ1n) is 10.1. The predicted molar refractivity (Wildman–Crippen MR) is 107 cm³/mol. The molecule has 5 rings (SSSR count). The molecule has 3 aromatic rings. The SMILES string of the molecule is Cc1c(C(=O)NC[C@H]2CCC(=O)O2)oc2c1-c1nn(Cc3ccccn3)cc1CC2. The van der Waals surface area contributed by atoms with Gasteiger partial charge < -0.3 is 14.5 Å². The lowest BCUT2D eigenvalue weighted by Gasteiger charge is -2.09. The van der Waals surface area contributed by atoms with Crippen molar-refractivity contribution in [3.05, 3.63) is 58.9 Å². The Morgan fingerprint density at radius 1 is 1.30 bits per heavy atom. The Labute approximate surface area is 173 Å². The van der Waals surface area contributed by atoms with E-state index in [9.17, 15) is 9.59 Å². The molecule has 1 N–H and O–H groups in total. The fourth-order valence-corrected chi connectivity index (χ4v) is 4.13. The molecule has 0 bridgehead atoms. The number of ether oxygens (including phenoxy) is 1. The first-order chi connectivity index (χ1) is 14.6. The lowest BCUT2D eigenvalue weighted by atomic mass is 9.93. The van der Waals surface area contributed by atoms with Crippen molar-refractivity contribution in [3.63, 3.8) is 0 Å². The van der Waals surface area contributed by atoms with Gasteiger partial charge in [0, 0.05) is 36.4 Å². The van der Waals surface area contributed by atoms with Gasteiger partial charge in [0.05, 0.1) is 24.5 Å². The summed E-state index contributed by atoms with van der Waals surface area (Å²) in [6.07, 6.45) is 6.13. The molecule has 1 aliphatic carbocycles. The van der Waals surface area contributed by atoms with Crippen LogP contribution in [0.3, 0.4) is 0 Å². The van der Waals surface area contributed by atoms with Crippen molar-refractivity contribution in [1.82, 2.24) is 20.1 Å². The highest BCUT2D eigenvalue weighted by atomic mass is 16.5. The number of furan rings is 1. The highest BCUT2D eigenvalue weighted by Gasteiger charge is 2.30. The van der Waals surface area contributed by atoms with Gasteiger partial charge in [0.1, 0.15) is 11.9 Å². The van der Waals surface area contributed by atoms with E-state index in [1.54, 1.807) is 6.20 Å². The number of nitrogens with zero attached hydrogens (tertiary/aromatic N) is 3. The summed E-state index contributed by atoms with van der Waals surface area (Å²) in [5.41, 5.74) is 4.65. The summed E-state index contributed by atoms with van der Waals surface area (Å²) >= 11 is 0. The van der Waals surface area contributed by atoms with Crippen LogP contribution in [0.15, 0.2) is 35.0 Å².